The molecule has 1 atom stereocenters. The van der Waals surface area contributed by atoms with Gasteiger partial charge in [-0.1, -0.05) is 35.6 Å². The lowest BCUT2D eigenvalue weighted by atomic mass is 9.70. The van der Waals surface area contributed by atoms with Gasteiger partial charge in [-0.25, -0.2) is 9.59 Å². The second-order valence-corrected chi connectivity index (χ2v) is 7.76. The van der Waals surface area contributed by atoms with E-state index >= 15 is 0 Å². The van der Waals surface area contributed by atoms with Crippen molar-refractivity contribution in [2.45, 2.75) is 25.1 Å². The number of carbonyl (C=O) groups is 2. The van der Waals surface area contributed by atoms with Gasteiger partial charge < -0.3 is 14.2 Å². The van der Waals surface area contributed by atoms with Crippen LogP contribution in [-0.2, 0) is 43.3 Å². The molecule has 0 bridgehead atoms. The largest absolute Gasteiger partial charge is 0.461 e. The number of esters is 2. The molecule has 1 aromatic carbocycles. The molecule has 1 fully saturated rings. The second kappa shape index (κ2) is 9.86. The van der Waals surface area contributed by atoms with E-state index in [0.29, 0.717) is 17.7 Å². The SMILES string of the molecule is [B]Cc1c([B])c(C(=O)OCC2CO2)c(C(=O)OCCS(=O)(=O)O)c(C[B])c1C[B]. The molecule has 1 heterocycles. The number of hydrogen-bond donors (Lipinski definition) is 1. The summed E-state index contributed by atoms with van der Waals surface area (Å²) in [6, 6.07) is 0. The van der Waals surface area contributed by atoms with Crippen molar-refractivity contribution in [2.75, 3.05) is 25.6 Å². The lowest BCUT2D eigenvalue weighted by Gasteiger charge is -2.23. The van der Waals surface area contributed by atoms with Crippen LogP contribution in [0.15, 0.2) is 0 Å². The first-order valence-electron chi connectivity index (χ1n) is 8.61. The van der Waals surface area contributed by atoms with Gasteiger partial charge in [0.05, 0.1) is 41.3 Å². The Morgan fingerprint density at radius 1 is 1.00 bits per heavy atom. The lowest BCUT2D eigenvalue weighted by Crippen LogP contribution is -2.31. The van der Waals surface area contributed by atoms with E-state index in [1.165, 1.54) is 0 Å². The van der Waals surface area contributed by atoms with Crippen LogP contribution >= 0.6 is 0 Å². The number of carbonyl (C=O) groups excluding carboxylic acids is 2. The maximum absolute atomic E-state index is 12.7. The first-order chi connectivity index (χ1) is 13.6. The van der Waals surface area contributed by atoms with E-state index in [1.807, 2.05) is 0 Å². The van der Waals surface area contributed by atoms with Gasteiger partial charge in [0.1, 0.15) is 32.9 Å². The molecule has 1 aliphatic heterocycles. The van der Waals surface area contributed by atoms with Crippen molar-refractivity contribution in [2.24, 2.45) is 0 Å². The molecule has 1 saturated heterocycles. The molecular formula is C16H16B4O8S. The molecule has 0 spiro atoms. The predicted octanol–water partition coefficient (Wildman–Crippen LogP) is -1.91. The van der Waals surface area contributed by atoms with Crippen LogP contribution in [0.1, 0.15) is 37.4 Å². The van der Waals surface area contributed by atoms with E-state index in [4.69, 9.17) is 50.1 Å². The summed E-state index contributed by atoms with van der Waals surface area (Å²) in [5, 5.41) is 0. The van der Waals surface area contributed by atoms with Crippen molar-refractivity contribution < 1.29 is 36.8 Å². The summed E-state index contributed by atoms with van der Waals surface area (Å²) < 4.78 is 45.5. The molecule has 0 aromatic heterocycles. The Kier molecular flexibility index (Phi) is 8.02. The number of benzene rings is 1. The molecule has 0 saturated carbocycles. The van der Waals surface area contributed by atoms with Crippen molar-refractivity contribution in [1.29, 1.82) is 0 Å². The van der Waals surface area contributed by atoms with Crippen LogP contribution in [0, 0.1) is 0 Å². The monoisotopic (exact) mass is 412 g/mol. The zero-order chi connectivity index (χ0) is 21.8. The van der Waals surface area contributed by atoms with Gasteiger partial charge in [0, 0.05) is 0 Å². The van der Waals surface area contributed by atoms with Gasteiger partial charge >= 0.3 is 11.9 Å². The maximum Gasteiger partial charge on any atom is 0.339 e. The van der Waals surface area contributed by atoms with Gasteiger partial charge in [-0.05, 0) is 5.56 Å². The summed E-state index contributed by atoms with van der Waals surface area (Å²) in [6.45, 7) is -0.242. The zero-order valence-electron chi connectivity index (χ0n) is 15.5. The van der Waals surface area contributed by atoms with Crippen molar-refractivity contribution in [3.05, 3.63) is 27.8 Å². The summed E-state index contributed by atoms with van der Waals surface area (Å²) in [7, 11) is 19.0. The quantitative estimate of drug-likeness (QED) is 0.205. The Morgan fingerprint density at radius 2 is 1.55 bits per heavy atom. The van der Waals surface area contributed by atoms with Crippen molar-refractivity contribution in [3.63, 3.8) is 0 Å². The topological polar surface area (TPSA) is 119 Å². The highest BCUT2D eigenvalue weighted by Crippen LogP contribution is 2.25. The molecule has 8 nitrogen and oxygen atoms in total. The molecule has 2 rings (SSSR count). The standard InChI is InChI=1S/C16H16B4O8S/c17-3-9-10(4-18)12(15(21)26-1-2-29(23,24)25)13(14(20)11(9)5-19)16(22)28-7-8-6-27-8/h8H,1-7H2,(H,23,24,25). The highest BCUT2D eigenvalue weighted by molar-refractivity contribution is 7.85. The minimum Gasteiger partial charge on any atom is -0.461 e. The summed E-state index contributed by atoms with van der Waals surface area (Å²) in [6.07, 6.45) is -0.569. The third-order valence-electron chi connectivity index (χ3n) is 4.27. The van der Waals surface area contributed by atoms with E-state index in [1.54, 1.807) is 0 Å². The number of rotatable bonds is 10. The van der Waals surface area contributed by atoms with Crippen LogP contribution in [0.2, 0.25) is 0 Å². The summed E-state index contributed by atoms with van der Waals surface area (Å²) in [5.74, 6) is -2.79. The zero-order valence-corrected chi connectivity index (χ0v) is 16.4. The van der Waals surface area contributed by atoms with Crippen LogP contribution in [0.25, 0.3) is 0 Å². The first-order valence-corrected chi connectivity index (χ1v) is 10.2. The van der Waals surface area contributed by atoms with Crippen LogP contribution in [0.4, 0.5) is 0 Å². The van der Waals surface area contributed by atoms with Crippen LogP contribution in [0.3, 0.4) is 0 Å². The fourth-order valence-electron chi connectivity index (χ4n) is 2.79. The van der Waals surface area contributed by atoms with E-state index in [2.05, 4.69) is 0 Å². The van der Waals surface area contributed by atoms with E-state index in [0.717, 1.165) is 0 Å². The van der Waals surface area contributed by atoms with Gasteiger partial charge in [-0.2, -0.15) is 8.42 Å². The normalized spacial score (nSPS) is 15.7. The Bertz CT molecular complexity index is 899. The average molecular weight is 412 g/mol. The Hall–Kier alpha value is -1.71. The molecule has 1 unspecified atom stereocenters. The molecule has 13 heteroatoms. The smallest absolute Gasteiger partial charge is 0.339 e. The third kappa shape index (κ3) is 5.90. The molecule has 1 N–H and O–H groups in total. The van der Waals surface area contributed by atoms with Crippen molar-refractivity contribution in [1.82, 2.24) is 0 Å². The molecule has 146 valence electrons. The number of ether oxygens (including phenoxy) is 3. The van der Waals surface area contributed by atoms with Crippen LogP contribution < -0.4 is 5.46 Å². The van der Waals surface area contributed by atoms with Gasteiger partial charge in [0.25, 0.3) is 10.1 Å². The third-order valence-corrected chi connectivity index (χ3v) is 4.96. The fourth-order valence-corrected chi connectivity index (χ4v) is 3.08. The summed E-state index contributed by atoms with van der Waals surface area (Å²) in [4.78, 5) is 25.4. The van der Waals surface area contributed by atoms with Gasteiger partial charge in [0.2, 0.25) is 0 Å². The van der Waals surface area contributed by atoms with Crippen LogP contribution in [-0.4, -0.2) is 88.0 Å². The lowest BCUT2D eigenvalue weighted by molar-refractivity contribution is 0.0449. The van der Waals surface area contributed by atoms with Crippen LogP contribution in [0.5, 0.6) is 0 Å². The molecule has 0 amide bonds. The van der Waals surface area contributed by atoms with Gasteiger partial charge in [-0.3, -0.25) is 4.55 Å². The average Bonchev–Trinajstić information content (AvgIpc) is 3.48. The number of epoxide rings is 1. The molecule has 29 heavy (non-hydrogen) atoms. The molecular weight excluding hydrogens is 395 g/mol. The van der Waals surface area contributed by atoms with E-state index in [9.17, 15) is 18.0 Å². The first kappa shape index (κ1) is 23.6. The van der Waals surface area contributed by atoms with Crippen molar-refractivity contribution >= 4 is 58.9 Å². The molecule has 8 radical (unpaired) electrons. The molecule has 1 aromatic rings. The highest BCUT2D eigenvalue weighted by Gasteiger charge is 2.31. The Morgan fingerprint density at radius 3 is 2.03 bits per heavy atom. The van der Waals surface area contributed by atoms with E-state index in [-0.39, 0.29) is 53.8 Å². The Balaban J connectivity index is 2.52. The minimum absolute atomic E-state index is 0.0376. The fraction of sp³-hybridized carbons (Fsp3) is 0.500. The minimum atomic E-state index is -4.36. The summed E-state index contributed by atoms with van der Waals surface area (Å²) >= 11 is 0. The van der Waals surface area contributed by atoms with Crippen molar-refractivity contribution in [3.8, 4) is 0 Å². The number of hydrogen-bond acceptors (Lipinski definition) is 7. The summed E-state index contributed by atoms with van der Waals surface area (Å²) in [5.41, 5.74) is 0.246. The predicted molar refractivity (Wildman–Crippen MR) is 107 cm³/mol. The molecule has 1 aliphatic rings. The highest BCUT2D eigenvalue weighted by atomic mass is 32.2. The molecule has 0 aliphatic carbocycles. The maximum atomic E-state index is 12.7. The van der Waals surface area contributed by atoms with Gasteiger partial charge in [-0.15, -0.1) is 0 Å². The van der Waals surface area contributed by atoms with Gasteiger partial charge in [0.15, 0.2) is 0 Å². The second-order valence-electron chi connectivity index (χ2n) is 6.19. The Labute approximate surface area is 174 Å². The van der Waals surface area contributed by atoms with E-state index < -0.39 is 34.4 Å².